The highest BCUT2D eigenvalue weighted by Crippen LogP contribution is 2.29. The van der Waals surface area contributed by atoms with Crippen LogP contribution in [0.1, 0.15) is 25.7 Å². The van der Waals surface area contributed by atoms with Gasteiger partial charge in [-0.3, -0.25) is 10.1 Å². The zero-order valence-electron chi connectivity index (χ0n) is 12.6. The number of nitrogens with one attached hydrogen (secondary N) is 1. The molecule has 1 saturated carbocycles. The fourth-order valence-electron chi connectivity index (χ4n) is 2.51. The second-order valence-electron chi connectivity index (χ2n) is 5.32. The van der Waals surface area contributed by atoms with Gasteiger partial charge in [-0.05, 0) is 37.8 Å². The Morgan fingerprint density at radius 2 is 1.91 bits per heavy atom. The molecule has 1 aromatic carbocycles. The van der Waals surface area contributed by atoms with Crippen molar-refractivity contribution in [1.82, 2.24) is 4.72 Å². The molecule has 1 aliphatic carbocycles. The lowest BCUT2D eigenvalue weighted by Gasteiger charge is -2.26. The van der Waals surface area contributed by atoms with Crippen LogP contribution in [-0.2, 0) is 10.0 Å². The van der Waals surface area contributed by atoms with E-state index in [1.807, 2.05) is 0 Å². The van der Waals surface area contributed by atoms with Crippen LogP contribution in [0.4, 0.5) is 5.69 Å². The summed E-state index contributed by atoms with van der Waals surface area (Å²) in [5, 5.41) is 11.1. The van der Waals surface area contributed by atoms with Crippen LogP contribution in [0.5, 0.6) is 5.75 Å². The molecular weight excluding hydrogens is 346 g/mol. The van der Waals surface area contributed by atoms with Crippen LogP contribution < -0.4 is 15.2 Å². The van der Waals surface area contributed by atoms with Crippen LogP contribution >= 0.6 is 12.4 Å². The first-order valence-corrected chi connectivity index (χ1v) is 8.42. The topological polar surface area (TPSA) is 125 Å². The van der Waals surface area contributed by atoms with Crippen LogP contribution in [0.2, 0.25) is 0 Å². The molecule has 0 radical (unpaired) electrons. The van der Waals surface area contributed by atoms with Gasteiger partial charge >= 0.3 is 0 Å². The number of hydrogen-bond acceptors (Lipinski definition) is 6. The minimum absolute atomic E-state index is 0. The summed E-state index contributed by atoms with van der Waals surface area (Å²) in [6.07, 6.45) is 2.73. The Morgan fingerprint density at radius 1 is 1.30 bits per heavy atom. The van der Waals surface area contributed by atoms with E-state index in [9.17, 15) is 18.5 Å². The molecule has 23 heavy (non-hydrogen) atoms. The molecule has 0 atom stereocenters. The van der Waals surface area contributed by atoms with E-state index in [0.29, 0.717) is 12.8 Å². The molecule has 2 rings (SSSR count). The Bertz CT molecular complexity index is 660. The Hall–Kier alpha value is -1.42. The molecule has 1 fully saturated rings. The first-order valence-electron chi connectivity index (χ1n) is 6.94. The van der Waals surface area contributed by atoms with Gasteiger partial charge in [-0.1, -0.05) is 0 Å². The smallest absolute Gasteiger partial charge is 0.293 e. The van der Waals surface area contributed by atoms with Gasteiger partial charge in [-0.2, -0.15) is 0 Å². The molecular formula is C13H20ClN3O5S. The normalized spacial score (nSPS) is 21.3. The van der Waals surface area contributed by atoms with E-state index in [1.165, 1.54) is 19.2 Å². The minimum Gasteiger partial charge on any atom is -0.497 e. The Morgan fingerprint density at radius 3 is 2.43 bits per heavy atom. The molecule has 1 aromatic rings. The van der Waals surface area contributed by atoms with Gasteiger partial charge in [0.1, 0.15) is 5.75 Å². The molecule has 0 heterocycles. The third kappa shape index (κ3) is 4.77. The first-order chi connectivity index (χ1) is 10.3. The maximum Gasteiger partial charge on any atom is 0.293 e. The molecule has 1 aliphatic rings. The van der Waals surface area contributed by atoms with E-state index in [4.69, 9.17) is 10.5 Å². The van der Waals surface area contributed by atoms with Gasteiger partial charge in [0.25, 0.3) is 5.69 Å². The van der Waals surface area contributed by atoms with E-state index in [-0.39, 0.29) is 35.1 Å². The molecule has 3 N–H and O–H groups in total. The number of ether oxygens (including phenoxy) is 1. The molecule has 0 spiro atoms. The molecule has 0 unspecified atom stereocenters. The number of nitro groups is 1. The lowest BCUT2D eigenvalue weighted by atomic mass is 9.93. The van der Waals surface area contributed by atoms with Gasteiger partial charge in [0, 0.05) is 12.1 Å². The Labute approximate surface area is 141 Å². The van der Waals surface area contributed by atoms with Gasteiger partial charge in [0.05, 0.1) is 18.1 Å². The van der Waals surface area contributed by atoms with Crippen LogP contribution in [0, 0.1) is 10.1 Å². The average molecular weight is 366 g/mol. The number of rotatable bonds is 5. The van der Waals surface area contributed by atoms with E-state index in [2.05, 4.69) is 4.72 Å². The van der Waals surface area contributed by atoms with Gasteiger partial charge < -0.3 is 10.5 Å². The minimum atomic E-state index is -3.97. The van der Waals surface area contributed by atoms with E-state index in [1.54, 1.807) is 0 Å². The van der Waals surface area contributed by atoms with Crippen LogP contribution in [0.15, 0.2) is 23.1 Å². The van der Waals surface area contributed by atoms with Crippen molar-refractivity contribution in [2.75, 3.05) is 7.11 Å². The molecule has 0 aliphatic heterocycles. The molecule has 0 aromatic heterocycles. The van der Waals surface area contributed by atoms with E-state index < -0.39 is 20.6 Å². The lowest BCUT2D eigenvalue weighted by molar-refractivity contribution is -0.387. The molecule has 10 heteroatoms. The fourth-order valence-corrected chi connectivity index (χ4v) is 3.97. The SMILES string of the molecule is COc1ccc(S(=O)(=O)NC2CCC(N)CC2)c([N+](=O)[O-])c1.Cl. The summed E-state index contributed by atoms with van der Waals surface area (Å²) in [5.41, 5.74) is 5.29. The third-order valence-corrected chi connectivity index (χ3v) is 5.31. The van der Waals surface area contributed by atoms with Crippen molar-refractivity contribution in [3.8, 4) is 5.75 Å². The summed E-state index contributed by atoms with van der Waals surface area (Å²) in [6, 6.07) is 3.53. The summed E-state index contributed by atoms with van der Waals surface area (Å²) < 4.78 is 32.3. The number of nitrogens with zero attached hydrogens (tertiary/aromatic N) is 1. The Balaban J connectivity index is 0.00000264. The summed E-state index contributed by atoms with van der Waals surface area (Å²) in [4.78, 5) is 10.0. The zero-order valence-corrected chi connectivity index (χ0v) is 14.2. The molecule has 8 nitrogen and oxygen atoms in total. The third-order valence-electron chi connectivity index (χ3n) is 3.75. The van der Waals surface area contributed by atoms with Crippen molar-refractivity contribution >= 4 is 28.1 Å². The predicted octanol–water partition coefficient (Wildman–Crippen LogP) is 1.57. The maximum absolute atomic E-state index is 12.4. The van der Waals surface area contributed by atoms with Crippen molar-refractivity contribution < 1.29 is 18.1 Å². The highest BCUT2D eigenvalue weighted by Gasteiger charge is 2.30. The highest BCUT2D eigenvalue weighted by atomic mass is 35.5. The van der Waals surface area contributed by atoms with Crippen LogP contribution in [-0.4, -0.2) is 32.5 Å². The van der Waals surface area contributed by atoms with Crippen molar-refractivity contribution in [3.05, 3.63) is 28.3 Å². The maximum atomic E-state index is 12.4. The molecule has 130 valence electrons. The molecule has 0 bridgehead atoms. The van der Waals surface area contributed by atoms with Gasteiger partial charge in [0.15, 0.2) is 4.90 Å². The number of methoxy groups -OCH3 is 1. The number of nitro benzene ring substituents is 1. The van der Waals surface area contributed by atoms with Crippen molar-refractivity contribution in [2.45, 2.75) is 42.7 Å². The zero-order chi connectivity index (χ0) is 16.3. The summed E-state index contributed by atoms with van der Waals surface area (Å²) in [6.45, 7) is 0. The number of nitrogens with two attached hydrogens (primary N) is 1. The van der Waals surface area contributed by atoms with Crippen molar-refractivity contribution in [1.29, 1.82) is 0 Å². The monoisotopic (exact) mass is 365 g/mol. The number of halogens is 1. The average Bonchev–Trinajstić information content (AvgIpc) is 2.48. The number of sulfonamides is 1. The summed E-state index contributed by atoms with van der Waals surface area (Å²) >= 11 is 0. The number of hydrogen-bond donors (Lipinski definition) is 2. The van der Waals surface area contributed by atoms with Gasteiger partial charge in [-0.25, -0.2) is 13.1 Å². The Kier molecular flexibility index (Phi) is 6.75. The quantitative estimate of drug-likeness (QED) is 0.602. The van der Waals surface area contributed by atoms with Crippen LogP contribution in [0.3, 0.4) is 0 Å². The fraction of sp³-hybridized carbons (Fsp3) is 0.538. The van der Waals surface area contributed by atoms with Crippen LogP contribution in [0.25, 0.3) is 0 Å². The summed E-state index contributed by atoms with van der Waals surface area (Å²) in [7, 11) is -2.61. The van der Waals surface area contributed by atoms with Gasteiger partial charge in [0.2, 0.25) is 10.0 Å². The second-order valence-corrected chi connectivity index (χ2v) is 7.01. The van der Waals surface area contributed by atoms with E-state index >= 15 is 0 Å². The highest BCUT2D eigenvalue weighted by molar-refractivity contribution is 7.89. The van der Waals surface area contributed by atoms with Gasteiger partial charge in [-0.15, -0.1) is 12.4 Å². The predicted molar refractivity (Wildman–Crippen MR) is 87.4 cm³/mol. The second kappa shape index (κ2) is 7.91. The largest absolute Gasteiger partial charge is 0.497 e. The summed E-state index contributed by atoms with van der Waals surface area (Å²) in [5.74, 6) is 0.231. The van der Waals surface area contributed by atoms with E-state index in [0.717, 1.165) is 18.9 Å². The first kappa shape index (κ1) is 19.6. The lowest BCUT2D eigenvalue weighted by Crippen LogP contribution is -2.40. The van der Waals surface area contributed by atoms with Crippen molar-refractivity contribution in [2.24, 2.45) is 5.73 Å². The number of benzene rings is 1. The molecule has 0 saturated heterocycles. The standard InChI is InChI=1S/C13H19N3O5S.ClH/c1-21-11-6-7-13(12(8-11)16(17)18)22(19,20)15-10-4-2-9(14)3-5-10;/h6-10,15H,2-5,14H2,1H3;1H. The molecule has 0 amide bonds. The van der Waals surface area contributed by atoms with Crippen molar-refractivity contribution in [3.63, 3.8) is 0 Å².